The van der Waals surface area contributed by atoms with Gasteiger partial charge in [-0.1, -0.05) is 0 Å². The Morgan fingerprint density at radius 3 is 2.83 bits per heavy atom. The van der Waals surface area contributed by atoms with Crippen molar-refractivity contribution in [1.29, 1.82) is 0 Å². The summed E-state index contributed by atoms with van der Waals surface area (Å²) >= 11 is 0. The van der Waals surface area contributed by atoms with Crippen molar-refractivity contribution in [3.8, 4) is 0 Å². The number of rotatable bonds is 6. The van der Waals surface area contributed by atoms with Crippen LogP contribution < -0.4 is 5.32 Å². The summed E-state index contributed by atoms with van der Waals surface area (Å²) in [6, 6.07) is 3.36. The molecular weight excluding hydrogens is 232 g/mol. The highest BCUT2D eigenvalue weighted by Gasteiger charge is 2.14. The highest BCUT2D eigenvalue weighted by molar-refractivity contribution is 5.94. The van der Waals surface area contributed by atoms with Gasteiger partial charge in [-0.3, -0.25) is 0 Å². The van der Waals surface area contributed by atoms with Gasteiger partial charge in [0, 0.05) is 12.7 Å². The minimum Gasteiger partial charge on any atom is -0.459 e. The zero-order valence-corrected chi connectivity index (χ0v) is 11.0. The molecule has 1 unspecified atom stereocenters. The fourth-order valence-electron chi connectivity index (χ4n) is 1.39. The van der Waals surface area contributed by atoms with Gasteiger partial charge in [-0.25, -0.2) is 9.78 Å². The third kappa shape index (κ3) is 4.71. The van der Waals surface area contributed by atoms with E-state index in [0.717, 1.165) is 0 Å². The number of nitrogens with zero attached hydrogens (tertiary/aromatic N) is 1. The summed E-state index contributed by atoms with van der Waals surface area (Å²) < 4.78 is 5.14. The monoisotopic (exact) mass is 252 g/mol. The Labute approximate surface area is 107 Å². The summed E-state index contributed by atoms with van der Waals surface area (Å²) in [5, 5.41) is 12.2. The predicted octanol–water partition coefficient (Wildman–Crippen LogP) is 1.83. The predicted molar refractivity (Wildman–Crippen MR) is 69.6 cm³/mol. The second-order valence-electron chi connectivity index (χ2n) is 4.42. The molecule has 0 spiro atoms. The summed E-state index contributed by atoms with van der Waals surface area (Å²) in [5.74, 6) is 0.0986. The second kappa shape index (κ2) is 6.96. The number of aromatic nitrogens is 1. The molecule has 0 saturated heterocycles. The molecule has 0 bridgehead atoms. The third-order valence-corrected chi connectivity index (χ3v) is 2.22. The number of anilines is 1. The van der Waals surface area contributed by atoms with Crippen LogP contribution in [0.2, 0.25) is 0 Å². The van der Waals surface area contributed by atoms with Crippen molar-refractivity contribution in [2.45, 2.75) is 39.4 Å². The van der Waals surface area contributed by atoms with E-state index in [2.05, 4.69) is 10.3 Å². The Hall–Kier alpha value is -1.62. The molecule has 1 atom stereocenters. The molecule has 0 aliphatic rings. The minimum absolute atomic E-state index is 0.164. The van der Waals surface area contributed by atoms with Crippen molar-refractivity contribution < 1.29 is 14.6 Å². The molecule has 0 fully saturated rings. The van der Waals surface area contributed by atoms with Crippen LogP contribution in [0.15, 0.2) is 18.3 Å². The normalized spacial score (nSPS) is 12.3. The molecule has 18 heavy (non-hydrogen) atoms. The van der Waals surface area contributed by atoms with E-state index < -0.39 is 5.97 Å². The van der Waals surface area contributed by atoms with Crippen molar-refractivity contribution in [1.82, 2.24) is 4.98 Å². The first kappa shape index (κ1) is 14.4. The van der Waals surface area contributed by atoms with Crippen LogP contribution in [0.1, 0.15) is 37.6 Å². The SMILES string of the molecule is CC(O)CCNc1ncccc1C(=O)OC(C)C. The van der Waals surface area contributed by atoms with Gasteiger partial charge in [0.15, 0.2) is 0 Å². The van der Waals surface area contributed by atoms with Crippen molar-refractivity contribution in [3.63, 3.8) is 0 Å². The molecule has 0 amide bonds. The fourth-order valence-corrected chi connectivity index (χ4v) is 1.39. The van der Waals surface area contributed by atoms with E-state index in [1.807, 2.05) is 0 Å². The van der Waals surface area contributed by atoms with Gasteiger partial charge in [-0.05, 0) is 39.3 Å². The maximum Gasteiger partial charge on any atom is 0.342 e. The first-order chi connectivity index (χ1) is 8.50. The largest absolute Gasteiger partial charge is 0.459 e. The number of hydrogen-bond donors (Lipinski definition) is 2. The Balaban J connectivity index is 2.70. The van der Waals surface area contributed by atoms with E-state index in [0.29, 0.717) is 24.3 Å². The summed E-state index contributed by atoms with van der Waals surface area (Å²) in [4.78, 5) is 15.9. The number of aliphatic hydroxyl groups excluding tert-OH is 1. The van der Waals surface area contributed by atoms with Crippen LogP contribution in [-0.4, -0.2) is 34.8 Å². The highest BCUT2D eigenvalue weighted by atomic mass is 16.5. The van der Waals surface area contributed by atoms with Crippen molar-refractivity contribution in [2.24, 2.45) is 0 Å². The molecule has 100 valence electrons. The smallest absolute Gasteiger partial charge is 0.342 e. The number of carbonyl (C=O) groups is 1. The van der Waals surface area contributed by atoms with E-state index >= 15 is 0 Å². The average Bonchev–Trinajstić information content (AvgIpc) is 2.28. The molecule has 1 rings (SSSR count). The third-order valence-electron chi connectivity index (χ3n) is 2.22. The number of carbonyl (C=O) groups excluding carboxylic acids is 1. The van der Waals surface area contributed by atoms with Crippen LogP contribution in [-0.2, 0) is 4.74 Å². The molecule has 0 aliphatic heterocycles. The van der Waals surface area contributed by atoms with Crippen molar-refractivity contribution in [2.75, 3.05) is 11.9 Å². The zero-order valence-electron chi connectivity index (χ0n) is 11.0. The standard InChI is InChI=1S/C13H20N2O3/c1-9(2)18-13(17)11-5-4-7-14-12(11)15-8-6-10(3)16/h4-5,7,9-10,16H,6,8H2,1-3H3,(H,14,15). The van der Waals surface area contributed by atoms with Crippen molar-refractivity contribution in [3.05, 3.63) is 23.9 Å². The average molecular weight is 252 g/mol. The molecule has 1 aromatic heterocycles. The number of pyridine rings is 1. The number of aliphatic hydroxyl groups is 1. The Morgan fingerprint density at radius 2 is 2.22 bits per heavy atom. The molecule has 0 radical (unpaired) electrons. The molecule has 0 saturated carbocycles. The first-order valence-corrected chi connectivity index (χ1v) is 6.08. The summed E-state index contributed by atoms with van der Waals surface area (Å²) in [6.45, 7) is 5.87. The number of esters is 1. The molecule has 5 heteroatoms. The molecule has 1 aromatic rings. The van der Waals surface area contributed by atoms with Crippen molar-refractivity contribution >= 4 is 11.8 Å². The Kier molecular flexibility index (Phi) is 5.58. The Bertz CT molecular complexity index is 392. The van der Waals surface area contributed by atoms with Gasteiger partial charge in [0.1, 0.15) is 11.4 Å². The molecule has 0 aliphatic carbocycles. The van der Waals surface area contributed by atoms with Crippen LogP contribution in [0.25, 0.3) is 0 Å². The number of ether oxygens (including phenoxy) is 1. The minimum atomic E-state index is -0.391. The summed E-state index contributed by atoms with van der Waals surface area (Å²) in [6.07, 6.45) is 1.65. The second-order valence-corrected chi connectivity index (χ2v) is 4.42. The van der Waals surface area contributed by atoms with Gasteiger partial charge in [0.25, 0.3) is 0 Å². The van der Waals surface area contributed by atoms with Crippen LogP contribution in [0, 0.1) is 0 Å². The number of hydrogen-bond acceptors (Lipinski definition) is 5. The van der Waals surface area contributed by atoms with Gasteiger partial charge >= 0.3 is 5.97 Å². The van der Waals surface area contributed by atoms with E-state index in [9.17, 15) is 9.90 Å². The molecule has 0 aromatic carbocycles. The molecule has 2 N–H and O–H groups in total. The lowest BCUT2D eigenvalue weighted by atomic mass is 10.2. The van der Waals surface area contributed by atoms with E-state index in [1.165, 1.54) is 0 Å². The van der Waals surface area contributed by atoms with E-state index in [1.54, 1.807) is 39.1 Å². The van der Waals surface area contributed by atoms with E-state index in [4.69, 9.17) is 4.74 Å². The fraction of sp³-hybridized carbons (Fsp3) is 0.538. The quantitative estimate of drug-likeness (QED) is 0.756. The van der Waals surface area contributed by atoms with Crippen LogP contribution in [0.3, 0.4) is 0 Å². The lowest BCUT2D eigenvalue weighted by molar-refractivity contribution is 0.0378. The Morgan fingerprint density at radius 1 is 1.50 bits per heavy atom. The molecular formula is C13H20N2O3. The zero-order chi connectivity index (χ0) is 13.5. The highest BCUT2D eigenvalue weighted by Crippen LogP contribution is 2.13. The molecule has 5 nitrogen and oxygen atoms in total. The van der Waals surface area contributed by atoms with Gasteiger partial charge in [-0.2, -0.15) is 0 Å². The van der Waals surface area contributed by atoms with Crippen LogP contribution >= 0.6 is 0 Å². The van der Waals surface area contributed by atoms with Gasteiger partial charge < -0.3 is 15.2 Å². The first-order valence-electron chi connectivity index (χ1n) is 6.08. The lowest BCUT2D eigenvalue weighted by Crippen LogP contribution is -2.16. The number of nitrogens with one attached hydrogen (secondary N) is 1. The van der Waals surface area contributed by atoms with Gasteiger partial charge in [-0.15, -0.1) is 0 Å². The summed E-state index contributed by atoms with van der Waals surface area (Å²) in [5.41, 5.74) is 0.414. The molecule has 1 heterocycles. The summed E-state index contributed by atoms with van der Waals surface area (Å²) in [7, 11) is 0. The van der Waals surface area contributed by atoms with E-state index in [-0.39, 0.29) is 12.2 Å². The maximum absolute atomic E-state index is 11.8. The van der Waals surface area contributed by atoms with Crippen LogP contribution in [0.4, 0.5) is 5.82 Å². The van der Waals surface area contributed by atoms with Gasteiger partial charge in [0.05, 0.1) is 12.2 Å². The van der Waals surface area contributed by atoms with Crippen LogP contribution in [0.5, 0.6) is 0 Å². The van der Waals surface area contributed by atoms with Gasteiger partial charge in [0.2, 0.25) is 0 Å². The lowest BCUT2D eigenvalue weighted by Gasteiger charge is -2.12. The maximum atomic E-state index is 11.8. The topological polar surface area (TPSA) is 71.5 Å².